The summed E-state index contributed by atoms with van der Waals surface area (Å²) in [5, 5.41) is 0. The number of nitrogens with two attached hydrogens (primary N) is 2. The largest absolute Gasteiger partial charge is 0.360 e. The van der Waals surface area contributed by atoms with Gasteiger partial charge in [0.1, 0.15) is 0 Å². The minimum absolute atomic E-state index is 0.323. The first kappa shape index (κ1) is 14.9. The van der Waals surface area contributed by atoms with Gasteiger partial charge in [0.2, 0.25) is 0 Å². The third-order valence-electron chi connectivity index (χ3n) is 2.24. The van der Waals surface area contributed by atoms with Crippen LogP contribution in [0.5, 0.6) is 0 Å². The van der Waals surface area contributed by atoms with Gasteiger partial charge in [-0.05, 0) is 25.8 Å². The topological polar surface area (TPSA) is 105 Å². The highest BCUT2D eigenvalue weighted by Crippen LogP contribution is 2.13. The minimum atomic E-state index is -0.668. The lowest BCUT2D eigenvalue weighted by atomic mass is 9.94. The summed E-state index contributed by atoms with van der Waals surface area (Å²) < 4.78 is 0. The van der Waals surface area contributed by atoms with E-state index in [9.17, 15) is 9.59 Å². The van der Waals surface area contributed by atoms with Crippen LogP contribution in [0.25, 0.3) is 0 Å². The van der Waals surface area contributed by atoms with Crippen molar-refractivity contribution in [2.75, 3.05) is 6.54 Å². The van der Waals surface area contributed by atoms with Gasteiger partial charge in [0, 0.05) is 13.0 Å². The molecule has 0 radical (unpaired) electrons. The van der Waals surface area contributed by atoms with Gasteiger partial charge in [-0.3, -0.25) is 0 Å². The maximum atomic E-state index is 11.5. The third kappa shape index (κ3) is 5.67. The van der Waals surface area contributed by atoms with E-state index < -0.39 is 17.9 Å². The fourth-order valence-corrected chi connectivity index (χ4v) is 1.36. The van der Waals surface area contributed by atoms with Crippen molar-refractivity contribution in [3.8, 4) is 0 Å². The van der Waals surface area contributed by atoms with Gasteiger partial charge in [-0.15, -0.1) is 0 Å². The zero-order valence-corrected chi connectivity index (χ0v) is 9.77. The van der Waals surface area contributed by atoms with Gasteiger partial charge in [-0.1, -0.05) is 6.92 Å². The van der Waals surface area contributed by atoms with E-state index in [0.717, 1.165) is 13.3 Å². The van der Waals surface area contributed by atoms with Crippen LogP contribution in [0.3, 0.4) is 0 Å². The Hall–Kier alpha value is -1.14. The Morgan fingerprint density at radius 2 is 1.94 bits per heavy atom. The molecule has 0 heterocycles. The maximum Gasteiger partial charge on any atom is 0.360 e. The fourth-order valence-electron chi connectivity index (χ4n) is 1.36. The van der Waals surface area contributed by atoms with Crippen LogP contribution in [0, 0.1) is 5.92 Å². The zero-order chi connectivity index (χ0) is 12.6. The van der Waals surface area contributed by atoms with E-state index in [1.165, 1.54) is 0 Å². The van der Waals surface area contributed by atoms with E-state index in [1.54, 1.807) is 0 Å². The van der Waals surface area contributed by atoms with Crippen molar-refractivity contribution in [2.24, 2.45) is 17.4 Å². The van der Waals surface area contributed by atoms with Crippen LogP contribution in [0.15, 0.2) is 0 Å². The number of hydrogen-bond acceptors (Lipinski definition) is 6. The van der Waals surface area contributed by atoms with Crippen LogP contribution in [-0.2, 0) is 19.4 Å². The molecule has 0 fully saturated rings. The van der Waals surface area contributed by atoms with Gasteiger partial charge in [-0.2, -0.15) is 0 Å². The van der Waals surface area contributed by atoms with Crippen molar-refractivity contribution in [2.45, 2.75) is 39.2 Å². The summed E-state index contributed by atoms with van der Waals surface area (Å²) in [6, 6.07) is -0.323. The standard InChI is InChI=1S/C10H20N2O4/c1-3-8(9(12)5-4-6-11)10(14)16-15-7(2)13/h8-9H,3-6,11-12H2,1-2H3. The molecule has 0 aliphatic heterocycles. The van der Waals surface area contributed by atoms with Gasteiger partial charge in [0.15, 0.2) is 0 Å². The summed E-state index contributed by atoms with van der Waals surface area (Å²) in [4.78, 5) is 30.5. The molecule has 0 bridgehead atoms. The van der Waals surface area contributed by atoms with Crippen molar-refractivity contribution < 1.29 is 19.4 Å². The molecule has 0 aliphatic carbocycles. The Balaban J connectivity index is 4.13. The number of hydrogen-bond donors (Lipinski definition) is 2. The summed E-state index contributed by atoms with van der Waals surface area (Å²) in [5.41, 5.74) is 11.2. The molecule has 0 spiro atoms. The zero-order valence-electron chi connectivity index (χ0n) is 9.77. The normalized spacial score (nSPS) is 14.0. The Morgan fingerprint density at radius 3 is 2.38 bits per heavy atom. The monoisotopic (exact) mass is 232 g/mol. The van der Waals surface area contributed by atoms with Gasteiger partial charge in [-0.25, -0.2) is 19.4 Å². The first-order chi connectivity index (χ1) is 7.52. The molecule has 0 amide bonds. The van der Waals surface area contributed by atoms with Crippen molar-refractivity contribution in [1.29, 1.82) is 0 Å². The molecule has 0 aliphatic rings. The fraction of sp³-hybridized carbons (Fsp3) is 0.800. The Labute approximate surface area is 95.2 Å². The predicted octanol–water partition coefficient (Wildman–Crippen LogP) is 0.100. The molecule has 6 heteroatoms. The molecule has 0 aromatic carbocycles. The molecule has 6 nitrogen and oxygen atoms in total. The molecule has 2 atom stereocenters. The van der Waals surface area contributed by atoms with Crippen molar-refractivity contribution in [3.63, 3.8) is 0 Å². The summed E-state index contributed by atoms with van der Waals surface area (Å²) >= 11 is 0. The van der Waals surface area contributed by atoms with E-state index >= 15 is 0 Å². The minimum Gasteiger partial charge on any atom is -0.330 e. The molecule has 0 saturated heterocycles. The van der Waals surface area contributed by atoms with Gasteiger partial charge in [0.25, 0.3) is 0 Å². The molecule has 0 aromatic heterocycles. The molecule has 0 saturated carbocycles. The second kappa shape index (κ2) is 8.06. The van der Waals surface area contributed by atoms with E-state index in [1.807, 2.05) is 6.92 Å². The van der Waals surface area contributed by atoms with Crippen molar-refractivity contribution >= 4 is 11.9 Å². The summed E-state index contributed by atoms with van der Waals surface area (Å²) in [7, 11) is 0. The lowest BCUT2D eigenvalue weighted by Gasteiger charge is -2.19. The van der Waals surface area contributed by atoms with Crippen LogP contribution < -0.4 is 11.5 Å². The average molecular weight is 232 g/mol. The highest BCUT2D eigenvalue weighted by Gasteiger charge is 2.26. The summed E-state index contributed by atoms with van der Waals surface area (Å²) in [5.74, 6) is -1.74. The van der Waals surface area contributed by atoms with Crippen LogP contribution >= 0.6 is 0 Å². The van der Waals surface area contributed by atoms with Crippen LogP contribution in [0.4, 0.5) is 0 Å². The maximum absolute atomic E-state index is 11.5. The van der Waals surface area contributed by atoms with Crippen molar-refractivity contribution in [3.05, 3.63) is 0 Å². The van der Waals surface area contributed by atoms with E-state index in [0.29, 0.717) is 19.4 Å². The van der Waals surface area contributed by atoms with E-state index in [2.05, 4.69) is 9.78 Å². The lowest BCUT2D eigenvalue weighted by molar-refractivity contribution is -0.261. The van der Waals surface area contributed by atoms with E-state index in [4.69, 9.17) is 11.5 Å². The average Bonchev–Trinajstić information content (AvgIpc) is 2.24. The highest BCUT2D eigenvalue weighted by molar-refractivity contribution is 5.74. The third-order valence-corrected chi connectivity index (χ3v) is 2.24. The molecule has 2 unspecified atom stereocenters. The van der Waals surface area contributed by atoms with Crippen LogP contribution in [0.2, 0.25) is 0 Å². The first-order valence-corrected chi connectivity index (χ1v) is 5.37. The van der Waals surface area contributed by atoms with Gasteiger partial charge < -0.3 is 11.5 Å². The molecule has 16 heavy (non-hydrogen) atoms. The number of rotatable bonds is 6. The van der Waals surface area contributed by atoms with Crippen LogP contribution in [0.1, 0.15) is 33.1 Å². The molecule has 0 aromatic rings. The lowest BCUT2D eigenvalue weighted by Crippen LogP contribution is -2.36. The Kier molecular flexibility index (Phi) is 7.49. The Bertz CT molecular complexity index is 233. The number of carbonyl (C=O) groups is 2. The molecule has 94 valence electrons. The smallest absolute Gasteiger partial charge is 0.330 e. The first-order valence-electron chi connectivity index (χ1n) is 5.37. The summed E-state index contributed by atoms with van der Waals surface area (Å²) in [6.07, 6.45) is 1.93. The van der Waals surface area contributed by atoms with Crippen LogP contribution in [-0.4, -0.2) is 24.5 Å². The SMILES string of the molecule is CCC(C(=O)OOC(C)=O)C(N)CCCN. The predicted molar refractivity (Wildman–Crippen MR) is 57.9 cm³/mol. The quantitative estimate of drug-likeness (QED) is 0.497. The molecular weight excluding hydrogens is 212 g/mol. The van der Waals surface area contributed by atoms with E-state index in [-0.39, 0.29) is 6.04 Å². The van der Waals surface area contributed by atoms with Gasteiger partial charge >= 0.3 is 11.9 Å². The Morgan fingerprint density at radius 1 is 1.31 bits per heavy atom. The molecule has 4 N–H and O–H groups in total. The second-order valence-electron chi connectivity index (χ2n) is 3.59. The molecule has 0 rings (SSSR count). The molecular formula is C10H20N2O4. The highest BCUT2D eigenvalue weighted by atomic mass is 17.2. The van der Waals surface area contributed by atoms with Crippen molar-refractivity contribution in [1.82, 2.24) is 0 Å². The summed E-state index contributed by atoms with van der Waals surface area (Å²) in [6.45, 7) is 3.51. The number of carbonyl (C=O) groups excluding carboxylic acids is 2. The van der Waals surface area contributed by atoms with Gasteiger partial charge in [0.05, 0.1) is 5.92 Å². The second-order valence-corrected chi connectivity index (χ2v) is 3.59.